The van der Waals surface area contributed by atoms with E-state index >= 15 is 0 Å². The summed E-state index contributed by atoms with van der Waals surface area (Å²) in [6.07, 6.45) is 0.983. The maximum atomic E-state index is 13.3. The highest BCUT2D eigenvalue weighted by molar-refractivity contribution is 5.78. The van der Waals surface area contributed by atoms with Gasteiger partial charge in [0.25, 0.3) is 0 Å². The summed E-state index contributed by atoms with van der Waals surface area (Å²) in [5.41, 5.74) is 1.39. The highest BCUT2D eigenvalue weighted by Crippen LogP contribution is 2.08. The number of benzene rings is 1. The van der Waals surface area contributed by atoms with Crippen LogP contribution in [-0.2, 0) is 11.3 Å². The Morgan fingerprint density at radius 1 is 1.44 bits per heavy atom. The molecule has 0 aliphatic rings. The third kappa shape index (κ3) is 4.84. The third-order valence-corrected chi connectivity index (χ3v) is 2.95. The van der Waals surface area contributed by atoms with Crippen LogP contribution in [0.25, 0.3) is 0 Å². The summed E-state index contributed by atoms with van der Waals surface area (Å²) >= 11 is 0. The first-order valence-electron chi connectivity index (χ1n) is 6.28. The van der Waals surface area contributed by atoms with E-state index in [1.807, 2.05) is 13.0 Å². The fourth-order valence-corrected chi connectivity index (χ4v) is 1.42. The lowest BCUT2D eigenvalue weighted by molar-refractivity contribution is -0.120. The van der Waals surface area contributed by atoms with Gasteiger partial charge in [-0.25, -0.2) is 4.39 Å². The van der Waals surface area contributed by atoms with Gasteiger partial charge in [-0.2, -0.15) is 0 Å². The van der Waals surface area contributed by atoms with E-state index in [4.69, 9.17) is 0 Å². The van der Waals surface area contributed by atoms with Gasteiger partial charge in [-0.1, -0.05) is 19.1 Å². The van der Waals surface area contributed by atoms with Crippen LogP contribution >= 0.6 is 0 Å². The number of hydrogen-bond acceptors (Lipinski definition) is 2. The Balaban J connectivity index is 2.36. The lowest BCUT2D eigenvalue weighted by Crippen LogP contribution is -2.37. The van der Waals surface area contributed by atoms with Crippen LogP contribution < -0.4 is 10.6 Å². The van der Waals surface area contributed by atoms with E-state index in [1.54, 1.807) is 13.0 Å². The van der Waals surface area contributed by atoms with Crippen molar-refractivity contribution in [3.05, 3.63) is 35.1 Å². The number of nitrogens with one attached hydrogen (secondary N) is 2. The Labute approximate surface area is 108 Å². The molecule has 18 heavy (non-hydrogen) atoms. The predicted molar refractivity (Wildman–Crippen MR) is 70.7 cm³/mol. The molecule has 1 rings (SSSR count). The standard InChI is InChI=1S/C14H21FN2O/c1-4-11(3)16-9-14(18)17-8-12-6-5-10(2)13(15)7-12/h5-7,11,16H,4,8-9H2,1-3H3,(H,17,18). The van der Waals surface area contributed by atoms with Crippen LogP contribution in [0.2, 0.25) is 0 Å². The molecule has 100 valence electrons. The molecule has 3 nitrogen and oxygen atoms in total. The van der Waals surface area contributed by atoms with Crippen molar-refractivity contribution < 1.29 is 9.18 Å². The number of halogens is 1. The molecule has 0 aliphatic carbocycles. The van der Waals surface area contributed by atoms with Crippen molar-refractivity contribution in [3.8, 4) is 0 Å². The first kappa shape index (κ1) is 14.6. The molecule has 0 radical (unpaired) electrons. The van der Waals surface area contributed by atoms with Crippen LogP contribution in [0.15, 0.2) is 18.2 Å². The van der Waals surface area contributed by atoms with Crippen molar-refractivity contribution in [2.24, 2.45) is 0 Å². The molecule has 0 bridgehead atoms. The summed E-state index contributed by atoms with van der Waals surface area (Å²) in [7, 11) is 0. The minimum atomic E-state index is -0.237. The fraction of sp³-hybridized carbons (Fsp3) is 0.500. The fourth-order valence-electron chi connectivity index (χ4n) is 1.42. The molecule has 0 aliphatic heterocycles. The average molecular weight is 252 g/mol. The van der Waals surface area contributed by atoms with Gasteiger partial charge in [-0.05, 0) is 37.5 Å². The molecule has 1 unspecified atom stereocenters. The SMILES string of the molecule is CCC(C)NCC(=O)NCc1ccc(C)c(F)c1. The average Bonchev–Trinajstić information content (AvgIpc) is 2.37. The van der Waals surface area contributed by atoms with E-state index in [-0.39, 0.29) is 11.7 Å². The Kier molecular flexibility index (Phi) is 5.78. The van der Waals surface area contributed by atoms with Crippen LogP contribution in [0, 0.1) is 12.7 Å². The predicted octanol–water partition coefficient (Wildman–Crippen LogP) is 2.14. The second kappa shape index (κ2) is 7.11. The van der Waals surface area contributed by atoms with Crippen LogP contribution in [0.3, 0.4) is 0 Å². The van der Waals surface area contributed by atoms with Crippen molar-refractivity contribution in [3.63, 3.8) is 0 Å². The minimum Gasteiger partial charge on any atom is -0.351 e. The van der Waals surface area contributed by atoms with Gasteiger partial charge in [0.15, 0.2) is 0 Å². The maximum absolute atomic E-state index is 13.3. The number of hydrogen-bond donors (Lipinski definition) is 2. The normalized spacial score (nSPS) is 12.2. The molecule has 0 fully saturated rings. The number of aryl methyl sites for hydroxylation is 1. The third-order valence-electron chi connectivity index (χ3n) is 2.95. The molecular formula is C14H21FN2O. The summed E-state index contributed by atoms with van der Waals surface area (Å²) in [4.78, 5) is 11.5. The molecule has 2 N–H and O–H groups in total. The van der Waals surface area contributed by atoms with Crippen LogP contribution in [0.1, 0.15) is 31.4 Å². The van der Waals surface area contributed by atoms with Gasteiger partial charge in [0.2, 0.25) is 5.91 Å². The van der Waals surface area contributed by atoms with Gasteiger partial charge in [-0.15, -0.1) is 0 Å². The van der Waals surface area contributed by atoms with E-state index in [0.717, 1.165) is 12.0 Å². The molecule has 1 aromatic carbocycles. The van der Waals surface area contributed by atoms with Crippen molar-refractivity contribution in [1.29, 1.82) is 0 Å². The molecule has 1 aromatic rings. The molecule has 1 atom stereocenters. The highest BCUT2D eigenvalue weighted by Gasteiger charge is 2.04. The van der Waals surface area contributed by atoms with Gasteiger partial charge >= 0.3 is 0 Å². The molecule has 0 aromatic heterocycles. The lowest BCUT2D eigenvalue weighted by atomic mass is 10.1. The molecule has 0 saturated carbocycles. The van der Waals surface area contributed by atoms with Crippen molar-refractivity contribution >= 4 is 5.91 Å². The van der Waals surface area contributed by atoms with Gasteiger partial charge < -0.3 is 10.6 Å². The van der Waals surface area contributed by atoms with Gasteiger partial charge in [0, 0.05) is 12.6 Å². The Morgan fingerprint density at radius 2 is 2.17 bits per heavy atom. The Hall–Kier alpha value is -1.42. The van der Waals surface area contributed by atoms with Crippen molar-refractivity contribution in [1.82, 2.24) is 10.6 Å². The van der Waals surface area contributed by atoms with Crippen LogP contribution in [0.5, 0.6) is 0 Å². The summed E-state index contributed by atoms with van der Waals surface area (Å²) in [5, 5.41) is 5.86. The molecule has 0 spiro atoms. The molecule has 0 saturated heterocycles. The molecular weight excluding hydrogens is 231 g/mol. The van der Waals surface area contributed by atoms with Crippen molar-refractivity contribution in [2.75, 3.05) is 6.54 Å². The minimum absolute atomic E-state index is 0.0729. The van der Waals surface area contributed by atoms with Gasteiger partial charge in [-0.3, -0.25) is 4.79 Å². The zero-order valence-corrected chi connectivity index (χ0v) is 11.2. The van der Waals surface area contributed by atoms with E-state index in [0.29, 0.717) is 24.7 Å². The van der Waals surface area contributed by atoms with Crippen molar-refractivity contribution in [2.45, 2.75) is 39.8 Å². The van der Waals surface area contributed by atoms with Gasteiger partial charge in [0.1, 0.15) is 5.82 Å². The Bertz CT molecular complexity index is 407. The summed E-state index contributed by atoms with van der Waals surface area (Å²) < 4.78 is 13.3. The quantitative estimate of drug-likeness (QED) is 0.814. The van der Waals surface area contributed by atoms with E-state index in [9.17, 15) is 9.18 Å². The number of carbonyl (C=O) groups excluding carboxylic acids is 1. The van der Waals surface area contributed by atoms with Crippen LogP contribution in [0.4, 0.5) is 4.39 Å². The molecule has 1 amide bonds. The van der Waals surface area contributed by atoms with Crippen LogP contribution in [-0.4, -0.2) is 18.5 Å². The second-order valence-electron chi connectivity index (χ2n) is 4.55. The zero-order valence-electron chi connectivity index (χ0n) is 11.2. The second-order valence-corrected chi connectivity index (χ2v) is 4.55. The largest absolute Gasteiger partial charge is 0.351 e. The summed E-state index contributed by atoms with van der Waals surface area (Å²) in [5.74, 6) is -0.309. The smallest absolute Gasteiger partial charge is 0.234 e. The maximum Gasteiger partial charge on any atom is 0.234 e. The molecule has 0 heterocycles. The monoisotopic (exact) mass is 252 g/mol. The number of carbonyl (C=O) groups is 1. The zero-order chi connectivity index (χ0) is 13.5. The van der Waals surface area contributed by atoms with Gasteiger partial charge in [0.05, 0.1) is 6.54 Å². The first-order chi connectivity index (χ1) is 8.52. The van der Waals surface area contributed by atoms with E-state index in [2.05, 4.69) is 17.6 Å². The summed E-state index contributed by atoms with van der Waals surface area (Å²) in [6, 6.07) is 5.32. The summed E-state index contributed by atoms with van der Waals surface area (Å²) in [6.45, 7) is 6.46. The Morgan fingerprint density at radius 3 is 2.78 bits per heavy atom. The first-order valence-corrected chi connectivity index (χ1v) is 6.28. The lowest BCUT2D eigenvalue weighted by Gasteiger charge is -2.11. The van der Waals surface area contributed by atoms with E-state index < -0.39 is 0 Å². The molecule has 4 heteroatoms. The number of amides is 1. The highest BCUT2D eigenvalue weighted by atomic mass is 19.1. The number of rotatable bonds is 6. The van der Waals surface area contributed by atoms with E-state index in [1.165, 1.54) is 6.07 Å². The topological polar surface area (TPSA) is 41.1 Å².